The van der Waals surface area contributed by atoms with Gasteiger partial charge in [0.05, 0.1) is 12.7 Å². The van der Waals surface area contributed by atoms with E-state index in [4.69, 9.17) is 4.74 Å². The Hall–Kier alpha value is -2.37. The molecule has 0 atom stereocenters. The predicted molar refractivity (Wildman–Crippen MR) is 59.3 cm³/mol. The summed E-state index contributed by atoms with van der Waals surface area (Å²) >= 11 is 0. The fraction of sp³-hybridized carbons (Fsp3) is 0.0833. The van der Waals surface area contributed by atoms with Crippen molar-refractivity contribution in [2.45, 2.75) is 0 Å². The second kappa shape index (κ2) is 4.87. The van der Waals surface area contributed by atoms with Crippen molar-refractivity contribution >= 4 is 6.29 Å². The smallest absolute Gasteiger partial charge is 0.316 e. The van der Waals surface area contributed by atoms with E-state index in [0.29, 0.717) is 5.56 Å². The van der Waals surface area contributed by atoms with Gasteiger partial charge in [0, 0.05) is 18.0 Å². The molecule has 18 heavy (non-hydrogen) atoms. The summed E-state index contributed by atoms with van der Waals surface area (Å²) in [5.41, 5.74) is 0.0810. The van der Waals surface area contributed by atoms with E-state index in [1.165, 1.54) is 19.5 Å². The van der Waals surface area contributed by atoms with E-state index >= 15 is 0 Å². The molecule has 0 unspecified atom stereocenters. The van der Waals surface area contributed by atoms with Crippen molar-refractivity contribution in [3.05, 3.63) is 41.7 Å². The SMILES string of the molecule is COc1ncc(-c2cc(F)c(C=O)c(F)c2)cn1. The highest BCUT2D eigenvalue weighted by Gasteiger charge is 2.11. The Morgan fingerprint density at radius 1 is 1.11 bits per heavy atom. The van der Waals surface area contributed by atoms with Gasteiger partial charge in [0.1, 0.15) is 11.6 Å². The number of ether oxygens (including phenoxy) is 1. The fourth-order valence-electron chi connectivity index (χ4n) is 1.43. The van der Waals surface area contributed by atoms with Crippen LogP contribution in [0.25, 0.3) is 11.1 Å². The summed E-state index contributed by atoms with van der Waals surface area (Å²) in [7, 11) is 1.41. The average molecular weight is 250 g/mol. The molecule has 0 amide bonds. The molecule has 0 aliphatic heterocycles. The Morgan fingerprint density at radius 2 is 1.67 bits per heavy atom. The second-order valence-electron chi connectivity index (χ2n) is 3.43. The van der Waals surface area contributed by atoms with Crippen molar-refractivity contribution in [2.75, 3.05) is 7.11 Å². The molecule has 1 heterocycles. The van der Waals surface area contributed by atoms with Gasteiger partial charge in [-0.2, -0.15) is 0 Å². The predicted octanol–water partition coefficient (Wildman–Crippen LogP) is 2.24. The first-order chi connectivity index (χ1) is 8.65. The molecule has 0 fully saturated rings. The topological polar surface area (TPSA) is 52.1 Å². The lowest BCUT2D eigenvalue weighted by atomic mass is 10.1. The van der Waals surface area contributed by atoms with Gasteiger partial charge in [0.2, 0.25) is 0 Å². The lowest BCUT2D eigenvalue weighted by molar-refractivity contribution is 0.111. The van der Waals surface area contributed by atoms with Gasteiger partial charge in [-0.05, 0) is 17.7 Å². The first-order valence-corrected chi connectivity index (χ1v) is 4.96. The van der Waals surface area contributed by atoms with Gasteiger partial charge < -0.3 is 4.74 Å². The van der Waals surface area contributed by atoms with Gasteiger partial charge in [-0.3, -0.25) is 4.79 Å². The normalized spacial score (nSPS) is 10.2. The van der Waals surface area contributed by atoms with Crippen molar-refractivity contribution in [3.63, 3.8) is 0 Å². The first-order valence-electron chi connectivity index (χ1n) is 4.96. The Bertz CT molecular complexity index is 562. The first kappa shape index (κ1) is 12.1. The molecule has 0 N–H and O–H groups in total. The highest BCUT2D eigenvalue weighted by atomic mass is 19.1. The molecular weight excluding hydrogens is 242 g/mol. The van der Waals surface area contributed by atoms with E-state index < -0.39 is 17.2 Å². The lowest BCUT2D eigenvalue weighted by Crippen LogP contribution is -1.96. The maximum atomic E-state index is 13.4. The molecule has 6 heteroatoms. The third kappa shape index (κ3) is 2.17. The summed E-state index contributed by atoms with van der Waals surface area (Å²) in [5, 5.41) is 0. The van der Waals surface area contributed by atoms with Crippen LogP contribution in [-0.4, -0.2) is 23.4 Å². The number of benzene rings is 1. The van der Waals surface area contributed by atoms with Crippen LogP contribution in [0, 0.1) is 11.6 Å². The second-order valence-corrected chi connectivity index (χ2v) is 3.43. The third-order valence-electron chi connectivity index (χ3n) is 2.34. The number of methoxy groups -OCH3 is 1. The summed E-state index contributed by atoms with van der Waals surface area (Å²) in [4.78, 5) is 18.1. The minimum absolute atomic E-state index is 0.138. The fourth-order valence-corrected chi connectivity index (χ4v) is 1.43. The van der Waals surface area contributed by atoms with Crippen LogP contribution >= 0.6 is 0 Å². The Labute approximate surface area is 101 Å². The van der Waals surface area contributed by atoms with Crippen LogP contribution in [-0.2, 0) is 0 Å². The van der Waals surface area contributed by atoms with Gasteiger partial charge in [-0.15, -0.1) is 0 Å². The lowest BCUT2D eigenvalue weighted by Gasteiger charge is -2.04. The van der Waals surface area contributed by atoms with Crippen molar-refractivity contribution in [1.82, 2.24) is 9.97 Å². The summed E-state index contributed by atoms with van der Waals surface area (Å²) in [6.07, 6.45) is 2.89. The number of carbonyl (C=O) groups excluding carboxylic acids is 1. The Morgan fingerprint density at radius 3 is 2.11 bits per heavy atom. The molecule has 0 saturated carbocycles. The number of carbonyl (C=O) groups is 1. The summed E-state index contributed by atoms with van der Waals surface area (Å²) in [6, 6.07) is 2.26. The Kier molecular flexibility index (Phi) is 3.27. The van der Waals surface area contributed by atoms with Gasteiger partial charge in [0.25, 0.3) is 0 Å². The number of rotatable bonds is 3. The molecule has 92 valence electrons. The molecule has 0 radical (unpaired) electrons. The maximum Gasteiger partial charge on any atom is 0.316 e. The number of nitrogens with zero attached hydrogens (tertiary/aromatic N) is 2. The van der Waals surface area contributed by atoms with E-state index in [1.807, 2.05) is 0 Å². The van der Waals surface area contributed by atoms with E-state index in [2.05, 4.69) is 9.97 Å². The monoisotopic (exact) mass is 250 g/mol. The van der Waals surface area contributed by atoms with E-state index in [-0.39, 0.29) is 17.9 Å². The molecular formula is C12H8F2N2O2. The van der Waals surface area contributed by atoms with Crippen molar-refractivity contribution in [1.29, 1.82) is 0 Å². The molecule has 1 aromatic carbocycles. The van der Waals surface area contributed by atoms with E-state index in [9.17, 15) is 13.6 Å². The molecule has 0 spiro atoms. The van der Waals surface area contributed by atoms with E-state index in [1.54, 1.807) is 0 Å². The van der Waals surface area contributed by atoms with Crippen LogP contribution in [0.2, 0.25) is 0 Å². The van der Waals surface area contributed by atoms with Gasteiger partial charge in [0.15, 0.2) is 6.29 Å². The summed E-state index contributed by atoms with van der Waals surface area (Å²) < 4.78 is 31.6. The largest absolute Gasteiger partial charge is 0.467 e. The molecule has 4 nitrogen and oxygen atoms in total. The van der Waals surface area contributed by atoms with Crippen LogP contribution in [0.1, 0.15) is 10.4 Å². The highest BCUT2D eigenvalue weighted by molar-refractivity contribution is 5.77. The van der Waals surface area contributed by atoms with E-state index in [0.717, 1.165) is 12.1 Å². The Balaban J connectivity index is 2.47. The van der Waals surface area contributed by atoms with Gasteiger partial charge in [-0.25, -0.2) is 18.7 Å². The number of halogens is 2. The number of hydrogen-bond donors (Lipinski definition) is 0. The highest BCUT2D eigenvalue weighted by Crippen LogP contribution is 2.23. The van der Waals surface area contributed by atoms with Gasteiger partial charge in [-0.1, -0.05) is 0 Å². The zero-order valence-electron chi connectivity index (χ0n) is 9.35. The molecule has 2 aromatic rings. The van der Waals surface area contributed by atoms with Gasteiger partial charge >= 0.3 is 6.01 Å². The quantitative estimate of drug-likeness (QED) is 0.784. The molecule has 0 aliphatic rings. The van der Waals surface area contributed by atoms with Crippen molar-refractivity contribution in [2.24, 2.45) is 0 Å². The van der Waals surface area contributed by atoms with Crippen LogP contribution in [0.5, 0.6) is 6.01 Å². The van der Waals surface area contributed by atoms with Crippen LogP contribution in [0.15, 0.2) is 24.5 Å². The standard InChI is InChI=1S/C12H8F2N2O2/c1-18-12-15-4-8(5-16-12)7-2-10(13)9(6-17)11(14)3-7/h2-6H,1H3. The minimum atomic E-state index is -0.921. The molecule has 0 aliphatic carbocycles. The van der Waals surface area contributed by atoms with Crippen molar-refractivity contribution in [3.8, 4) is 17.1 Å². The molecule has 0 saturated heterocycles. The molecule has 1 aromatic heterocycles. The van der Waals surface area contributed by atoms with Crippen LogP contribution in [0.3, 0.4) is 0 Å². The minimum Gasteiger partial charge on any atom is -0.467 e. The molecule has 0 bridgehead atoms. The maximum absolute atomic E-state index is 13.4. The van der Waals surface area contributed by atoms with Crippen LogP contribution < -0.4 is 4.74 Å². The summed E-state index contributed by atoms with van der Waals surface area (Å²) in [6.45, 7) is 0. The summed E-state index contributed by atoms with van der Waals surface area (Å²) in [5.74, 6) is -1.84. The third-order valence-corrected chi connectivity index (χ3v) is 2.34. The average Bonchev–Trinajstić information content (AvgIpc) is 2.38. The number of aldehydes is 1. The zero-order valence-corrected chi connectivity index (χ0v) is 9.35. The zero-order chi connectivity index (χ0) is 13.1. The molecule has 2 rings (SSSR count). The van der Waals surface area contributed by atoms with Crippen LogP contribution in [0.4, 0.5) is 8.78 Å². The number of aromatic nitrogens is 2. The van der Waals surface area contributed by atoms with Crippen molar-refractivity contribution < 1.29 is 18.3 Å². The number of hydrogen-bond acceptors (Lipinski definition) is 4.